The van der Waals surface area contributed by atoms with E-state index in [4.69, 9.17) is 4.98 Å². The van der Waals surface area contributed by atoms with Crippen LogP contribution < -0.4 is 0 Å². The summed E-state index contributed by atoms with van der Waals surface area (Å²) in [5.74, 6) is 0.871. The molecule has 0 saturated heterocycles. The predicted octanol–water partition coefficient (Wildman–Crippen LogP) is 4.42. The highest BCUT2D eigenvalue weighted by molar-refractivity contribution is 7.99. The zero-order valence-corrected chi connectivity index (χ0v) is 17.0. The molecule has 0 saturated carbocycles. The number of carbonyl (C=O) groups excluding carboxylic acids is 1. The largest absolute Gasteiger partial charge is 0.319 e. The Morgan fingerprint density at radius 3 is 2.64 bits per heavy atom. The minimum Gasteiger partial charge on any atom is -0.319 e. The van der Waals surface area contributed by atoms with Gasteiger partial charge in [-0.15, -0.1) is 0 Å². The standard InChI is InChI=1S/C22H24N4OS/c1-16(2)14-25-20-11-7-6-10-19(20)23-22(25)28-15-21(27)26-13-12-18(24-26)17-8-4-3-5-9-17/h3-11,16H,12-15H2,1-2H3. The first-order valence-corrected chi connectivity index (χ1v) is 10.6. The van der Waals surface area contributed by atoms with Gasteiger partial charge in [-0.05, 0) is 23.6 Å². The molecule has 2 heterocycles. The van der Waals surface area contributed by atoms with Crippen LogP contribution >= 0.6 is 11.8 Å². The molecule has 0 bridgehead atoms. The van der Waals surface area contributed by atoms with Gasteiger partial charge in [0, 0.05) is 13.0 Å². The number of para-hydroxylation sites is 2. The zero-order chi connectivity index (χ0) is 19.5. The molecule has 0 spiro atoms. The summed E-state index contributed by atoms with van der Waals surface area (Å²) in [6.45, 7) is 5.92. The molecule has 0 radical (unpaired) electrons. The highest BCUT2D eigenvalue weighted by atomic mass is 32.2. The molecule has 0 aliphatic carbocycles. The molecular formula is C22H24N4OS. The SMILES string of the molecule is CC(C)Cn1c(SCC(=O)N2CCC(c3ccccc3)=N2)nc2ccccc21. The summed E-state index contributed by atoms with van der Waals surface area (Å²) >= 11 is 1.50. The van der Waals surface area contributed by atoms with Crippen LogP contribution in [0, 0.1) is 5.92 Å². The van der Waals surface area contributed by atoms with Gasteiger partial charge in [-0.3, -0.25) is 4.79 Å². The molecule has 6 heteroatoms. The first kappa shape index (κ1) is 18.7. The van der Waals surface area contributed by atoms with Gasteiger partial charge in [-0.2, -0.15) is 5.10 Å². The van der Waals surface area contributed by atoms with Gasteiger partial charge in [0.1, 0.15) is 0 Å². The molecule has 28 heavy (non-hydrogen) atoms. The van der Waals surface area contributed by atoms with E-state index in [2.05, 4.69) is 29.6 Å². The molecule has 0 unspecified atom stereocenters. The molecule has 144 valence electrons. The highest BCUT2D eigenvalue weighted by Gasteiger charge is 2.22. The molecule has 1 aliphatic heterocycles. The Labute approximate surface area is 169 Å². The first-order valence-electron chi connectivity index (χ1n) is 9.63. The number of carbonyl (C=O) groups is 1. The lowest BCUT2D eigenvalue weighted by atomic mass is 10.1. The van der Waals surface area contributed by atoms with Crippen LogP contribution in [-0.2, 0) is 11.3 Å². The fourth-order valence-electron chi connectivity index (χ4n) is 3.38. The predicted molar refractivity (Wildman–Crippen MR) is 115 cm³/mol. The Morgan fingerprint density at radius 2 is 1.86 bits per heavy atom. The van der Waals surface area contributed by atoms with Crippen LogP contribution in [0.3, 0.4) is 0 Å². The monoisotopic (exact) mass is 392 g/mol. The number of imidazole rings is 1. The van der Waals surface area contributed by atoms with Gasteiger partial charge < -0.3 is 4.57 Å². The second-order valence-electron chi connectivity index (χ2n) is 7.36. The van der Waals surface area contributed by atoms with E-state index in [0.29, 0.717) is 18.2 Å². The van der Waals surface area contributed by atoms with Crippen LogP contribution in [0.2, 0.25) is 0 Å². The van der Waals surface area contributed by atoms with Crippen molar-refractivity contribution in [1.29, 1.82) is 0 Å². The maximum Gasteiger partial charge on any atom is 0.253 e. The van der Waals surface area contributed by atoms with Crippen molar-refractivity contribution in [1.82, 2.24) is 14.6 Å². The summed E-state index contributed by atoms with van der Waals surface area (Å²) in [6.07, 6.45) is 0.798. The maximum absolute atomic E-state index is 12.7. The van der Waals surface area contributed by atoms with Gasteiger partial charge in [-0.25, -0.2) is 9.99 Å². The van der Waals surface area contributed by atoms with E-state index in [1.54, 1.807) is 5.01 Å². The molecule has 1 aliphatic rings. The molecule has 1 amide bonds. The van der Waals surface area contributed by atoms with E-state index in [1.807, 2.05) is 48.5 Å². The Bertz CT molecular complexity index is 1010. The third-order valence-corrected chi connectivity index (χ3v) is 5.65. The van der Waals surface area contributed by atoms with Gasteiger partial charge in [0.25, 0.3) is 5.91 Å². The summed E-state index contributed by atoms with van der Waals surface area (Å²) in [7, 11) is 0. The summed E-state index contributed by atoms with van der Waals surface area (Å²) < 4.78 is 2.22. The van der Waals surface area contributed by atoms with Crippen molar-refractivity contribution in [3.63, 3.8) is 0 Å². The number of rotatable bonds is 6. The number of hydrogen-bond acceptors (Lipinski definition) is 4. The van der Waals surface area contributed by atoms with Gasteiger partial charge >= 0.3 is 0 Å². The maximum atomic E-state index is 12.7. The molecule has 0 atom stereocenters. The fourth-order valence-corrected chi connectivity index (χ4v) is 4.27. The average molecular weight is 393 g/mol. The van der Waals surface area contributed by atoms with Gasteiger partial charge in [0.2, 0.25) is 0 Å². The Hall–Kier alpha value is -2.60. The number of fused-ring (bicyclic) bond motifs is 1. The van der Waals surface area contributed by atoms with E-state index in [0.717, 1.165) is 40.4 Å². The normalized spacial score (nSPS) is 14.1. The molecule has 1 aromatic heterocycles. The van der Waals surface area contributed by atoms with Crippen LogP contribution in [-0.4, -0.2) is 38.5 Å². The fraction of sp³-hybridized carbons (Fsp3) is 0.318. The first-order chi connectivity index (χ1) is 13.6. The quantitative estimate of drug-likeness (QED) is 0.584. The van der Waals surface area contributed by atoms with Crippen molar-refractivity contribution >= 4 is 34.4 Å². The number of amides is 1. The number of nitrogens with zero attached hydrogens (tertiary/aromatic N) is 4. The molecular weight excluding hydrogens is 368 g/mol. The van der Waals surface area contributed by atoms with Gasteiger partial charge in [0.05, 0.1) is 29.0 Å². The lowest BCUT2D eigenvalue weighted by Gasteiger charge is -2.13. The smallest absolute Gasteiger partial charge is 0.253 e. The van der Waals surface area contributed by atoms with E-state index < -0.39 is 0 Å². The highest BCUT2D eigenvalue weighted by Crippen LogP contribution is 2.26. The summed E-state index contributed by atoms with van der Waals surface area (Å²) in [5, 5.41) is 7.04. The molecule has 0 N–H and O–H groups in total. The average Bonchev–Trinajstić information content (AvgIpc) is 3.32. The van der Waals surface area contributed by atoms with Gasteiger partial charge in [-0.1, -0.05) is 68.1 Å². The summed E-state index contributed by atoms with van der Waals surface area (Å²) in [4.78, 5) is 17.5. The van der Waals surface area contributed by atoms with Crippen molar-refractivity contribution in [2.24, 2.45) is 11.0 Å². The molecule has 4 rings (SSSR count). The van der Waals surface area contributed by atoms with Crippen LogP contribution in [0.15, 0.2) is 64.9 Å². The number of hydrogen-bond donors (Lipinski definition) is 0. The molecule has 0 fully saturated rings. The lowest BCUT2D eigenvalue weighted by molar-refractivity contribution is -0.127. The molecule has 2 aromatic carbocycles. The zero-order valence-electron chi connectivity index (χ0n) is 16.2. The third kappa shape index (κ3) is 3.97. The number of aromatic nitrogens is 2. The Balaban J connectivity index is 1.47. The van der Waals surface area contributed by atoms with E-state index in [9.17, 15) is 4.79 Å². The number of hydrazone groups is 1. The van der Waals surface area contributed by atoms with Crippen molar-refractivity contribution in [2.45, 2.75) is 32.0 Å². The topological polar surface area (TPSA) is 50.5 Å². The molecule has 3 aromatic rings. The Kier molecular flexibility index (Phi) is 5.48. The van der Waals surface area contributed by atoms with Gasteiger partial charge in [0.15, 0.2) is 5.16 Å². The number of benzene rings is 2. The second kappa shape index (κ2) is 8.19. The van der Waals surface area contributed by atoms with Crippen molar-refractivity contribution in [3.05, 3.63) is 60.2 Å². The summed E-state index contributed by atoms with van der Waals surface area (Å²) in [5.41, 5.74) is 4.16. The Morgan fingerprint density at radius 1 is 1.11 bits per heavy atom. The number of thioether (sulfide) groups is 1. The van der Waals surface area contributed by atoms with E-state index in [1.165, 1.54) is 11.8 Å². The van der Waals surface area contributed by atoms with Crippen molar-refractivity contribution < 1.29 is 4.79 Å². The minimum absolute atomic E-state index is 0.0269. The van der Waals surface area contributed by atoms with Crippen LogP contribution in [0.5, 0.6) is 0 Å². The minimum atomic E-state index is 0.0269. The van der Waals surface area contributed by atoms with E-state index in [-0.39, 0.29) is 5.91 Å². The summed E-state index contributed by atoms with van der Waals surface area (Å²) in [6, 6.07) is 18.2. The lowest BCUT2D eigenvalue weighted by Crippen LogP contribution is -2.25. The van der Waals surface area contributed by atoms with Crippen LogP contribution in [0.1, 0.15) is 25.8 Å². The van der Waals surface area contributed by atoms with Crippen LogP contribution in [0.25, 0.3) is 11.0 Å². The molecule has 5 nitrogen and oxygen atoms in total. The van der Waals surface area contributed by atoms with Crippen molar-refractivity contribution in [3.8, 4) is 0 Å². The van der Waals surface area contributed by atoms with Crippen molar-refractivity contribution in [2.75, 3.05) is 12.3 Å². The van der Waals surface area contributed by atoms with E-state index >= 15 is 0 Å². The van der Waals surface area contributed by atoms with Crippen LogP contribution in [0.4, 0.5) is 0 Å². The third-order valence-electron chi connectivity index (χ3n) is 4.69. The second-order valence-corrected chi connectivity index (χ2v) is 8.30.